The minimum Gasteiger partial charge on any atom is -0.367 e. The number of aromatic nitrogens is 1. The van der Waals surface area contributed by atoms with Crippen LogP contribution in [0.1, 0.15) is 19.4 Å². The van der Waals surface area contributed by atoms with Gasteiger partial charge in [0, 0.05) is 11.6 Å². The monoisotopic (exact) mass is 237 g/mol. The summed E-state index contributed by atoms with van der Waals surface area (Å²) in [6, 6.07) is 16.0. The van der Waals surface area contributed by atoms with Crippen LogP contribution in [0.15, 0.2) is 42.5 Å². The highest BCUT2D eigenvalue weighted by molar-refractivity contribution is 5.64. The van der Waals surface area contributed by atoms with Gasteiger partial charge in [0.05, 0.1) is 11.3 Å². The second-order valence-corrected chi connectivity index (χ2v) is 4.37. The Balaban J connectivity index is 2.43. The van der Waals surface area contributed by atoms with Crippen molar-refractivity contribution in [2.75, 3.05) is 5.32 Å². The molecule has 0 spiro atoms. The lowest BCUT2D eigenvalue weighted by Crippen LogP contribution is -2.12. The number of nitrogens with one attached hydrogen (secondary N) is 1. The molecule has 1 N–H and O–H groups in total. The van der Waals surface area contributed by atoms with Gasteiger partial charge >= 0.3 is 0 Å². The Morgan fingerprint density at radius 2 is 1.83 bits per heavy atom. The van der Waals surface area contributed by atoms with Gasteiger partial charge in [0.15, 0.2) is 0 Å². The minimum atomic E-state index is 0.246. The molecule has 3 nitrogen and oxygen atoms in total. The normalized spacial score (nSPS) is 10.1. The molecule has 0 fully saturated rings. The van der Waals surface area contributed by atoms with E-state index in [9.17, 15) is 0 Å². The molecule has 1 heterocycles. The van der Waals surface area contributed by atoms with Crippen molar-refractivity contribution in [2.45, 2.75) is 19.9 Å². The predicted octanol–water partition coefficient (Wildman–Crippen LogP) is 3.44. The van der Waals surface area contributed by atoms with Crippen LogP contribution in [0.5, 0.6) is 0 Å². The first-order chi connectivity index (χ1) is 8.70. The van der Waals surface area contributed by atoms with E-state index >= 15 is 0 Å². The van der Waals surface area contributed by atoms with Crippen LogP contribution in [-0.4, -0.2) is 11.0 Å². The Morgan fingerprint density at radius 1 is 1.11 bits per heavy atom. The van der Waals surface area contributed by atoms with E-state index in [1.54, 1.807) is 6.07 Å². The molecule has 0 amide bonds. The summed E-state index contributed by atoms with van der Waals surface area (Å²) in [5, 5.41) is 12.3. The van der Waals surface area contributed by atoms with Gasteiger partial charge in [-0.1, -0.05) is 30.3 Å². The second-order valence-electron chi connectivity index (χ2n) is 4.37. The van der Waals surface area contributed by atoms with Gasteiger partial charge in [0.2, 0.25) is 0 Å². The Labute approximate surface area is 107 Å². The molecule has 0 saturated carbocycles. The number of nitrogens with zero attached hydrogens (tertiary/aromatic N) is 2. The molecule has 0 bridgehead atoms. The van der Waals surface area contributed by atoms with Gasteiger partial charge in [0.1, 0.15) is 11.9 Å². The summed E-state index contributed by atoms with van der Waals surface area (Å²) in [6.45, 7) is 4.05. The highest BCUT2D eigenvalue weighted by Crippen LogP contribution is 2.21. The van der Waals surface area contributed by atoms with Crippen molar-refractivity contribution in [2.24, 2.45) is 0 Å². The number of hydrogen-bond donors (Lipinski definition) is 1. The van der Waals surface area contributed by atoms with E-state index in [4.69, 9.17) is 5.26 Å². The molecule has 90 valence electrons. The van der Waals surface area contributed by atoms with Crippen LogP contribution in [0, 0.1) is 11.3 Å². The van der Waals surface area contributed by atoms with Crippen molar-refractivity contribution in [1.29, 1.82) is 5.26 Å². The first-order valence-electron chi connectivity index (χ1n) is 5.94. The predicted molar refractivity (Wildman–Crippen MR) is 73.1 cm³/mol. The Hall–Kier alpha value is -2.34. The molecule has 0 aliphatic heterocycles. The highest BCUT2D eigenvalue weighted by atomic mass is 15.0. The highest BCUT2D eigenvalue weighted by Gasteiger charge is 2.07. The standard InChI is InChI=1S/C15H15N3/c1-11(2)17-15-13(10-16)8-9-14(18-15)12-6-4-3-5-7-12/h3-9,11H,1-2H3,(H,17,18). The van der Waals surface area contributed by atoms with E-state index in [1.165, 1.54) is 0 Å². The van der Waals surface area contributed by atoms with Crippen molar-refractivity contribution in [3.8, 4) is 17.3 Å². The fourth-order valence-electron chi connectivity index (χ4n) is 1.70. The van der Waals surface area contributed by atoms with Crippen LogP contribution in [0.2, 0.25) is 0 Å². The minimum absolute atomic E-state index is 0.246. The zero-order chi connectivity index (χ0) is 13.0. The van der Waals surface area contributed by atoms with Gasteiger partial charge in [0.25, 0.3) is 0 Å². The Morgan fingerprint density at radius 3 is 2.44 bits per heavy atom. The van der Waals surface area contributed by atoms with Crippen LogP contribution in [0.3, 0.4) is 0 Å². The third-order valence-electron chi connectivity index (χ3n) is 2.51. The average molecular weight is 237 g/mol. The molecule has 0 radical (unpaired) electrons. The Bertz CT molecular complexity index is 568. The maximum absolute atomic E-state index is 9.06. The van der Waals surface area contributed by atoms with Crippen molar-refractivity contribution in [3.63, 3.8) is 0 Å². The quantitative estimate of drug-likeness (QED) is 0.889. The van der Waals surface area contributed by atoms with Gasteiger partial charge in [-0.05, 0) is 26.0 Å². The summed E-state index contributed by atoms with van der Waals surface area (Å²) in [6.07, 6.45) is 0. The number of benzene rings is 1. The van der Waals surface area contributed by atoms with Crippen LogP contribution >= 0.6 is 0 Å². The maximum Gasteiger partial charge on any atom is 0.144 e. The topological polar surface area (TPSA) is 48.7 Å². The van der Waals surface area contributed by atoms with E-state index in [0.717, 1.165) is 11.3 Å². The summed E-state index contributed by atoms with van der Waals surface area (Å²) in [7, 11) is 0. The van der Waals surface area contributed by atoms with Crippen LogP contribution in [-0.2, 0) is 0 Å². The van der Waals surface area contributed by atoms with E-state index in [-0.39, 0.29) is 6.04 Å². The molecule has 18 heavy (non-hydrogen) atoms. The summed E-state index contributed by atoms with van der Waals surface area (Å²) >= 11 is 0. The van der Waals surface area contributed by atoms with Gasteiger partial charge in [-0.25, -0.2) is 4.98 Å². The maximum atomic E-state index is 9.06. The molecule has 0 unspecified atom stereocenters. The van der Waals surface area contributed by atoms with Crippen molar-refractivity contribution in [3.05, 3.63) is 48.0 Å². The molecule has 0 aliphatic rings. The lowest BCUT2D eigenvalue weighted by atomic mass is 10.1. The van der Waals surface area contributed by atoms with Crippen molar-refractivity contribution < 1.29 is 0 Å². The summed E-state index contributed by atoms with van der Waals surface area (Å²) < 4.78 is 0. The van der Waals surface area contributed by atoms with E-state index < -0.39 is 0 Å². The number of rotatable bonds is 3. The largest absolute Gasteiger partial charge is 0.367 e. The molecule has 2 aromatic rings. The SMILES string of the molecule is CC(C)Nc1nc(-c2ccccc2)ccc1C#N. The smallest absolute Gasteiger partial charge is 0.144 e. The first-order valence-corrected chi connectivity index (χ1v) is 5.94. The van der Waals surface area contributed by atoms with Gasteiger partial charge < -0.3 is 5.32 Å². The molecule has 2 rings (SSSR count). The molecule has 0 aliphatic carbocycles. The van der Waals surface area contributed by atoms with E-state index in [2.05, 4.69) is 16.4 Å². The zero-order valence-electron chi connectivity index (χ0n) is 10.5. The second kappa shape index (κ2) is 5.33. The number of anilines is 1. The Kier molecular flexibility index (Phi) is 3.59. The van der Waals surface area contributed by atoms with Gasteiger partial charge in [-0.15, -0.1) is 0 Å². The lowest BCUT2D eigenvalue weighted by molar-refractivity contribution is 0.888. The number of hydrogen-bond acceptors (Lipinski definition) is 3. The third kappa shape index (κ3) is 2.67. The summed E-state index contributed by atoms with van der Waals surface area (Å²) in [5.41, 5.74) is 2.50. The van der Waals surface area contributed by atoms with Crippen molar-refractivity contribution in [1.82, 2.24) is 4.98 Å². The fraction of sp³-hybridized carbons (Fsp3) is 0.200. The first kappa shape index (κ1) is 12.1. The van der Waals surface area contributed by atoms with E-state index in [0.29, 0.717) is 11.4 Å². The fourth-order valence-corrected chi connectivity index (χ4v) is 1.70. The molecule has 1 aromatic carbocycles. The molecule has 1 aromatic heterocycles. The van der Waals surface area contributed by atoms with Gasteiger partial charge in [-0.2, -0.15) is 5.26 Å². The van der Waals surface area contributed by atoms with Crippen LogP contribution in [0.25, 0.3) is 11.3 Å². The molecular formula is C15H15N3. The van der Waals surface area contributed by atoms with Gasteiger partial charge in [-0.3, -0.25) is 0 Å². The van der Waals surface area contributed by atoms with E-state index in [1.807, 2.05) is 50.2 Å². The van der Waals surface area contributed by atoms with Crippen LogP contribution in [0.4, 0.5) is 5.82 Å². The lowest BCUT2D eigenvalue weighted by Gasteiger charge is -2.12. The molecule has 0 saturated heterocycles. The van der Waals surface area contributed by atoms with Crippen LogP contribution < -0.4 is 5.32 Å². The molecule has 3 heteroatoms. The average Bonchev–Trinajstić information content (AvgIpc) is 2.39. The zero-order valence-corrected chi connectivity index (χ0v) is 10.5. The number of pyridine rings is 1. The third-order valence-corrected chi connectivity index (χ3v) is 2.51. The molecule has 0 atom stereocenters. The molecular weight excluding hydrogens is 222 g/mol. The number of nitriles is 1. The summed E-state index contributed by atoms with van der Waals surface area (Å²) in [4.78, 5) is 4.52. The van der Waals surface area contributed by atoms with Crippen molar-refractivity contribution >= 4 is 5.82 Å². The summed E-state index contributed by atoms with van der Waals surface area (Å²) in [5.74, 6) is 0.647.